The molecule has 84 valence electrons. The second-order valence-electron chi connectivity index (χ2n) is 4.12. The minimum absolute atomic E-state index is 0.132. The van der Waals surface area contributed by atoms with Crippen LogP contribution in [-0.4, -0.2) is 9.55 Å². The Hall–Kier alpha value is -0.900. The van der Waals surface area contributed by atoms with Crippen LogP contribution in [0, 0.1) is 10.7 Å². The summed E-state index contributed by atoms with van der Waals surface area (Å²) < 4.78 is 2.46. The lowest BCUT2D eigenvalue weighted by Crippen LogP contribution is -2.15. The highest BCUT2D eigenvalue weighted by atomic mass is 32.1. The van der Waals surface area contributed by atoms with Gasteiger partial charge < -0.3 is 4.57 Å². The van der Waals surface area contributed by atoms with Crippen molar-refractivity contribution in [1.82, 2.24) is 9.55 Å². The zero-order valence-corrected chi connectivity index (χ0v) is 10.3. The first-order chi connectivity index (χ1) is 7.04. The Kier molecular flexibility index (Phi) is 4.27. The second-order valence-corrected chi connectivity index (χ2v) is 4.50. The number of hydrogen-bond donors (Lipinski definition) is 1. The Balaban J connectivity index is 2.87. The van der Waals surface area contributed by atoms with Crippen molar-refractivity contribution in [1.29, 1.82) is 0 Å². The van der Waals surface area contributed by atoms with Crippen LogP contribution in [-0.2, 0) is 0 Å². The van der Waals surface area contributed by atoms with E-state index in [0.29, 0.717) is 16.7 Å². The van der Waals surface area contributed by atoms with Gasteiger partial charge >= 0.3 is 0 Å². The lowest BCUT2D eigenvalue weighted by molar-refractivity contribution is 0.391. The third-order valence-electron chi connectivity index (χ3n) is 2.77. The number of nitrogens with one attached hydrogen (secondary N) is 1. The average Bonchev–Trinajstić information content (AvgIpc) is 2.17. The lowest BCUT2D eigenvalue weighted by atomic mass is 10.0. The Morgan fingerprint density at radius 2 is 2.20 bits per heavy atom. The number of rotatable bonds is 4. The van der Waals surface area contributed by atoms with Crippen molar-refractivity contribution >= 4 is 12.2 Å². The highest BCUT2D eigenvalue weighted by molar-refractivity contribution is 7.71. The van der Waals surface area contributed by atoms with Crippen molar-refractivity contribution in [3.8, 4) is 0 Å². The molecule has 0 aliphatic rings. The van der Waals surface area contributed by atoms with Gasteiger partial charge in [0, 0.05) is 18.3 Å². The molecule has 0 saturated carbocycles. The summed E-state index contributed by atoms with van der Waals surface area (Å²) in [7, 11) is 0. The fourth-order valence-electron chi connectivity index (χ4n) is 1.64. The van der Waals surface area contributed by atoms with Gasteiger partial charge in [0.25, 0.3) is 5.56 Å². The first-order valence-corrected chi connectivity index (χ1v) is 5.77. The van der Waals surface area contributed by atoms with Crippen molar-refractivity contribution in [2.45, 2.75) is 39.7 Å². The molecule has 1 aromatic heterocycles. The first-order valence-electron chi connectivity index (χ1n) is 5.36. The molecule has 1 N–H and O–H groups in total. The van der Waals surface area contributed by atoms with Crippen molar-refractivity contribution in [3.63, 3.8) is 0 Å². The minimum atomic E-state index is -0.132. The number of hydrogen-bond acceptors (Lipinski definition) is 2. The van der Waals surface area contributed by atoms with E-state index in [-0.39, 0.29) is 5.56 Å². The Morgan fingerprint density at radius 3 is 2.73 bits per heavy atom. The highest BCUT2D eigenvalue weighted by Crippen LogP contribution is 2.18. The zero-order valence-electron chi connectivity index (χ0n) is 9.49. The standard InChI is InChI=1S/C11H18N2OS/c1-4-8(2)7-9(3)13-6-5-10(14)12-11(13)15/h5-6,8-9H,4,7H2,1-3H3,(H,12,14,15). The maximum atomic E-state index is 11.0. The Morgan fingerprint density at radius 1 is 1.53 bits per heavy atom. The van der Waals surface area contributed by atoms with Gasteiger partial charge in [-0.25, -0.2) is 0 Å². The predicted molar refractivity (Wildman–Crippen MR) is 64.7 cm³/mol. The SMILES string of the molecule is CCC(C)CC(C)n1ccc(=O)[nH]c1=S. The molecular weight excluding hydrogens is 208 g/mol. The van der Waals surface area contributed by atoms with E-state index < -0.39 is 0 Å². The molecule has 0 bridgehead atoms. The Bertz CT molecular complexity index is 421. The predicted octanol–water partition coefficient (Wildman–Crippen LogP) is 2.90. The van der Waals surface area contributed by atoms with Crippen LogP contribution >= 0.6 is 12.2 Å². The van der Waals surface area contributed by atoms with Gasteiger partial charge in [0.15, 0.2) is 4.77 Å². The van der Waals surface area contributed by atoms with Gasteiger partial charge in [0.2, 0.25) is 0 Å². The van der Waals surface area contributed by atoms with E-state index in [0.717, 1.165) is 6.42 Å². The van der Waals surface area contributed by atoms with Gasteiger partial charge in [-0.2, -0.15) is 0 Å². The third-order valence-corrected chi connectivity index (χ3v) is 3.08. The smallest absolute Gasteiger partial charge is 0.251 e. The van der Waals surface area contributed by atoms with Crippen molar-refractivity contribution in [2.75, 3.05) is 0 Å². The fraction of sp³-hybridized carbons (Fsp3) is 0.636. The molecule has 15 heavy (non-hydrogen) atoms. The van der Waals surface area contributed by atoms with E-state index in [1.165, 1.54) is 12.5 Å². The van der Waals surface area contributed by atoms with Gasteiger partial charge in [0.1, 0.15) is 0 Å². The topological polar surface area (TPSA) is 37.8 Å². The van der Waals surface area contributed by atoms with E-state index in [1.807, 2.05) is 4.57 Å². The van der Waals surface area contributed by atoms with Crippen LogP contribution in [0.5, 0.6) is 0 Å². The quantitative estimate of drug-likeness (QED) is 0.802. The minimum Gasteiger partial charge on any atom is -0.322 e. The molecule has 0 saturated heterocycles. The van der Waals surface area contributed by atoms with Crippen LogP contribution in [0.3, 0.4) is 0 Å². The van der Waals surface area contributed by atoms with Crippen LogP contribution in [0.15, 0.2) is 17.1 Å². The van der Waals surface area contributed by atoms with E-state index in [9.17, 15) is 4.79 Å². The molecule has 0 aromatic carbocycles. The molecule has 1 heterocycles. The summed E-state index contributed by atoms with van der Waals surface area (Å²) in [6, 6.07) is 1.85. The van der Waals surface area contributed by atoms with Crippen LogP contribution in [0.4, 0.5) is 0 Å². The fourth-order valence-corrected chi connectivity index (χ4v) is 1.98. The molecule has 4 heteroatoms. The maximum absolute atomic E-state index is 11.0. The van der Waals surface area contributed by atoms with Gasteiger partial charge in [-0.05, 0) is 31.5 Å². The number of aromatic amines is 1. The average molecular weight is 226 g/mol. The van der Waals surface area contributed by atoms with Crippen molar-refractivity contribution in [3.05, 3.63) is 27.4 Å². The molecule has 0 amide bonds. The zero-order chi connectivity index (χ0) is 11.4. The summed E-state index contributed by atoms with van der Waals surface area (Å²) in [6.45, 7) is 6.54. The summed E-state index contributed by atoms with van der Waals surface area (Å²) >= 11 is 5.11. The van der Waals surface area contributed by atoms with Crippen molar-refractivity contribution < 1.29 is 0 Å². The van der Waals surface area contributed by atoms with Crippen LogP contribution in [0.2, 0.25) is 0 Å². The summed E-state index contributed by atoms with van der Waals surface area (Å²) in [6.07, 6.45) is 4.02. The molecule has 3 nitrogen and oxygen atoms in total. The van der Waals surface area contributed by atoms with E-state index >= 15 is 0 Å². The summed E-state index contributed by atoms with van der Waals surface area (Å²) in [5.74, 6) is 0.675. The molecule has 0 aliphatic carbocycles. The first kappa shape index (κ1) is 12.2. The summed E-state index contributed by atoms with van der Waals surface area (Å²) in [4.78, 5) is 13.6. The monoisotopic (exact) mass is 226 g/mol. The second kappa shape index (κ2) is 5.26. The van der Waals surface area contributed by atoms with Gasteiger partial charge in [-0.3, -0.25) is 9.78 Å². The highest BCUT2D eigenvalue weighted by Gasteiger charge is 2.08. The molecule has 1 aromatic rings. The van der Waals surface area contributed by atoms with E-state index in [4.69, 9.17) is 12.2 Å². The summed E-state index contributed by atoms with van der Waals surface area (Å²) in [5, 5.41) is 0. The maximum Gasteiger partial charge on any atom is 0.251 e. The molecule has 2 unspecified atom stereocenters. The number of aromatic nitrogens is 2. The molecule has 0 fully saturated rings. The normalized spacial score (nSPS) is 14.9. The van der Waals surface area contributed by atoms with Crippen LogP contribution in [0.25, 0.3) is 0 Å². The van der Waals surface area contributed by atoms with Crippen molar-refractivity contribution in [2.24, 2.45) is 5.92 Å². The third kappa shape index (κ3) is 3.30. The number of nitrogens with zero attached hydrogens (tertiary/aromatic N) is 1. The molecule has 2 atom stereocenters. The molecule has 0 radical (unpaired) electrons. The van der Waals surface area contributed by atoms with Crippen LogP contribution < -0.4 is 5.56 Å². The van der Waals surface area contributed by atoms with Gasteiger partial charge in [0.05, 0.1) is 0 Å². The number of H-pyrrole nitrogens is 1. The van der Waals surface area contributed by atoms with E-state index in [1.54, 1.807) is 6.20 Å². The van der Waals surface area contributed by atoms with Gasteiger partial charge in [-0.15, -0.1) is 0 Å². The lowest BCUT2D eigenvalue weighted by Gasteiger charge is -2.18. The molecular formula is C11H18N2OS. The van der Waals surface area contributed by atoms with E-state index in [2.05, 4.69) is 25.8 Å². The summed E-state index contributed by atoms with van der Waals surface area (Å²) in [5.41, 5.74) is -0.132. The molecule has 0 aliphatic heterocycles. The van der Waals surface area contributed by atoms with Crippen LogP contribution in [0.1, 0.15) is 39.7 Å². The van der Waals surface area contributed by atoms with Gasteiger partial charge in [-0.1, -0.05) is 20.3 Å². The molecule has 0 spiro atoms. The Labute approximate surface area is 95.2 Å². The molecule has 1 rings (SSSR count). The largest absolute Gasteiger partial charge is 0.322 e.